The Labute approximate surface area is 130 Å². The van der Waals surface area contributed by atoms with Crippen LogP contribution in [0.25, 0.3) is 0 Å². The van der Waals surface area contributed by atoms with E-state index in [1.54, 1.807) is 0 Å². The summed E-state index contributed by atoms with van der Waals surface area (Å²) >= 11 is 0. The Hall–Kier alpha value is -0.610. The molecule has 0 bridgehead atoms. The molecule has 1 N–H and O–H groups in total. The van der Waals surface area contributed by atoms with Crippen molar-refractivity contribution in [3.63, 3.8) is 0 Å². The van der Waals surface area contributed by atoms with Gasteiger partial charge in [0, 0.05) is 32.2 Å². The summed E-state index contributed by atoms with van der Waals surface area (Å²) in [6.07, 6.45) is 4.48. The van der Waals surface area contributed by atoms with Crippen LogP contribution in [0.2, 0.25) is 0 Å². The van der Waals surface area contributed by atoms with Crippen LogP contribution < -0.4 is 5.32 Å². The Morgan fingerprint density at radius 1 is 1.38 bits per heavy atom. The molecular formula is C17H33N3O. The lowest BCUT2D eigenvalue weighted by atomic mass is 9.80. The molecule has 1 amide bonds. The van der Waals surface area contributed by atoms with E-state index in [0.29, 0.717) is 11.9 Å². The predicted octanol–water partition coefficient (Wildman–Crippen LogP) is 1.95. The highest BCUT2D eigenvalue weighted by atomic mass is 16.2. The van der Waals surface area contributed by atoms with Crippen molar-refractivity contribution in [1.82, 2.24) is 15.1 Å². The Morgan fingerprint density at radius 3 is 2.57 bits per heavy atom. The second-order valence-corrected chi connectivity index (χ2v) is 7.61. The van der Waals surface area contributed by atoms with Crippen molar-refractivity contribution in [3.05, 3.63) is 0 Å². The number of hydrogen-bond donors (Lipinski definition) is 1. The number of rotatable bonds is 4. The van der Waals surface area contributed by atoms with Gasteiger partial charge in [0.2, 0.25) is 5.91 Å². The van der Waals surface area contributed by atoms with Crippen LogP contribution in [0.3, 0.4) is 0 Å². The molecule has 21 heavy (non-hydrogen) atoms. The number of likely N-dealkylation sites (tertiary alicyclic amines) is 1. The molecule has 4 nitrogen and oxygen atoms in total. The molecule has 2 aliphatic heterocycles. The first-order valence-corrected chi connectivity index (χ1v) is 8.63. The molecule has 0 radical (unpaired) electrons. The molecular weight excluding hydrogens is 262 g/mol. The van der Waals surface area contributed by atoms with Crippen LogP contribution in [-0.2, 0) is 4.79 Å². The van der Waals surface area contributed by atoms with Gasteiger partial charge in [-0.25, -0.2) is 0 Å². The van der Waals surface area contributed by atoms with Crippen molar-refractivity contribution >= 4 is 5.91 Å². The molecule has 0 aromatic rings. The summed E-state index contributed by atoms with van der Waals surface area (Å²) in [5.41, 5.74) is -0.167. The third-order valence-corrected chi connectivity index (χ3v) is 5.44. The lowest BCUT2D eigenvalue weighted by Crippen LogP contribution is -2.52. The Balaban J connectivity index is 1.82. The molecule has 0 aliphatic carbocycles. The standard InChI is InChI=1S/C17H33N3O/c1-14(2)19(4)12-15-6-10-20(11-7-15)16(21)17(3)8-5-9-18-13-17/h14-15,18H,5-13H2,1-4H3. The average Bonchev–Trinajstić information content (AvgIpc) is 2.48. The summed E-state index contributed by atoms with van der Waals surface area (Å²) in [4.78, 5) is 17.3. The number of carbonyl (C=O) groups excluding carboxylic acids is 1. The molecule has 1 atom stereocenters. The van der Waals surface area contributed by atoms with E-state index in [2.05, 4.69) is 42.9 Å². The van der Waals surface area contributed by atoms with Gasteiger partial charge in [-0.15, -0.1) is 0 Å². The molecule has 0 saturated carbocycles. The first-order chi connectivity index (χ1) is 9.92. The molecule has 0 aromatic heterocycles. The summed E-state index contributed by atoms with van der Waals surface area (Å²) in [6.45, 7) is 11.6. The first kappa shape index (κ1) is 16.8. The maximum atomic E-state index is 12.8. The minimum Gasteiger partial charge on any atom is -0.342 e. The summed E-state index contributed by atoms with van der Waals surface area (Å²) in [6, 6.07) is 0.608. The third-order valence-electron chi connectivity index (χ3n) is 5.44. The van der Waals surface area contributed by atoms with E-state index in [4.69, 9.17) is 0 Å². The van der Waals surface area contributed by atoms with Crippen molar-refractivity contribution in [3.8, 4) is 0 Å². The van der Waals surface area contributed by atoms with Gasteiger partial charge in [-0.05, 0) is 66.0 Å². The minimum absolute atomic E-state index is 0.167. The molecule has 2 rings (SSSR count). The third kappa shape index (κ3) is 4.19. The van der Waals surface area contributed by atoms with E-state index in [0.717, 1.165) is 57.8 Å². The number of nitrogens with zero attached hydrogens (tertiary/aromatic N) is 2. The van der Waals surface area contributed by atoms with E-state index in [9.17, 15) is 4.79 Å². The van der Waals surface area contributed by atoms with E-state index in [-0.39, 0.29) is 5.41 Å². The predicted molar refractivity (Wildman–Crippen MR) is 87.3 cm³/mol. The number of piperidine rings is 2. The maximum absolute atomic E-state index is 12.8. The van der Waals surface area contributed by atoms with Crippen LogP contribution in [0.4, 0.5) is 0 Å². The van der Waals surface area contributed by atoms with Crippen molar-refractivity contribution in [2.24, 2.45) is 11.3 Å². The van der Waals surface area contributed by atoms with Gasteiger partial charge in [0.25, 0.3) is 0 Å². The Morgan fingerprint density at radius 2 is 2.05 bits per heavy atom. The van der Waals surface area contributed by atoms with Crippen molar-refractivity contribution in [1.29, 1.82) is 0 Å². The highest BCUT2D eigenvalue weighted by molar-refractivity contribution is 5.82. The Kier molecular flexibility index (Phi) is 5.67. The van der Waals surface area contributed by atoms with Crippen molar-refractivity contribution < 1.29 is 4.79 Å². The fourth-order valence-electron chi connectivity index (χ4n) is 3.56. The lowest BCUT2D eigenvalue weighted by Gasteiger charge is -2.41. The zero-order valence-corrected chi connectivity index (χ0v) is 14.3. The molecule has 2 aliphatic rings. The van der Waals surface area contributed by atoms with Crippen molar-refractivity contribution in [2.45, 2.75) is 52.5 Å². The summed E-state index contributed by atoms with van der Waals surface area (Å²) in [5.74, 6) is 1.13. The second-order valence-electron chi connectivity index (χ2n) is 7.61. The topological polar surface area (TPSA) is 35.6 Å². The summed E-state index contributed by atoms with van der Waals surface area (Å²) in [5, 5.41) is 3.39. The largest absolute Gasteiger partial charge is 0.342 e. The SMILES string of the molecule is CC(C)N(C)CC1CCN(C(=O)C2(C)CCCNC2)CC1. The van der Waals surface area contributed by atoms with Crippen LogP contribution in [0.1, 0.15) is 46.5 Å². The number of amides is 1. The lowest BCUT2D eigenvalue weighted by molar-refractivity contribution is -0.143. The summed E-state index contributed by atoms with van der Waals surface area (Å²) < 4.78 is 0. The van der Waals surface area contributed by atoms with E-state index >= 15 is 0 Å². The van der Waals surface area contributed by atoms with E-state index < -0.39 is 0 Å². The molecule has 122 valence electrons. The van der Waals surface area contributed by atoms with Gasteiger partial charge in [-0.2, -0.15) is 0 Å². The zero-order chi connectivity index (χ0) is 15.5. The molecule has 0 spiro atoms. The molecule has 0 aromatic carbocycles. The van der Waals surface area contributed by atoms with Gasteiger partial charge < -0.3 is 15.1 Å². The molecule has 2 heterocycles. The smallest absolute Gasteiger partial charge is 0.229 e. The normalized spacial score (nSPS) is 28.4. The zero-order valence-electron chi connectivity index (χ0n) is 14.3. The van der Waals surface area contributed by atoms with E-state index in [1.807, 2.05) is 0 Å². The van der Waals surface area contributed by atoms with Crippen LogP contribution in [0.15, 0.2) is 0 Å². The van der Waals surface area contributed by atoms with E-state index in [1.165, 1.54) is 6.54 Å². The number of nitrogens with one attached hydrogen (secondary N) is 1. The quantitative estimate of drug-likeness (QED) is 0.861. The van der Waals surface area contributed by atoms with Gasteiger partial charge in [0.05, 0.1) is 5.41 Å². The van der Waals surface area contributed by atoms with Gasteiger partial charge in [-0.3, -0.25) is 4.79 Å². The highest BCUT2D eigenvalue weighted by Gasteiger charge is 2.38. The molecule has 4 heteroatoms. The van der Waals surface area contributed by atoms with Crippen molar-refractivity contribution in [2.75, 3.05) is 39.8 Å². The number of carbonyl (C=O) groups is 1. The van der Waals surface area contributed by atoms with Gasteiger partial charge in [-0.1, -0.05) is 0 Å². The van der Waals surface area contributed by atoms with Gasteiger partial charge in [0.15, 0.2) is 0 Å². The maximum Gasteiger partial charge on any atom is 0.229 e. The van der Waals surface area contributed by atoms with Crippen LogP contribution >= 0.6 is 0 Å². The van der Waals surface area contributed by atoms with Gasteiger partial charge >= 0.3 is 0 Å². The van der Waals surface area contributed by atoms with Crippen LogP contribution in [0, 0.1) is 11.3 Å². The fraction of sp³-hybridized carbons (Fsp3) is 0.941. The first-order valence-electron chi connectivity index (χ1n) is 8.63. The monoisotopic (exact) mass is 295 g/mol. The second kappa shape index (κ2) is 7.10. The van der Waals surface area contributed by atoms with Crippen LogP contribution in [0.5, 0.6) is 0 Å². The minimum atomic E-state index is -0.167. The summed E-state index contributed by atoms with van der Waals surface area (Å²) in [7, 11) is 2.21. The average molecular weight is 295 g/mol. The fourth-order valence-corrected chi connectivity index (χ4v) is 3.56. The molecule has 1 unspecified atom stereocenters. The van der Waals surface area contributed by atoms with Crippen LogP contribution in [-0.4, -0.2) is 61.5 Å². The highest BCUT2D eigenvalue weighted by Crippen LogP contribution is 2.30. The van der Waals surface area contributed by atoms with Gasteiger partial charge in [0.1, 0.15) is 0 Å². The number of hydrogen-bond acceptors (Lipinski definition) is 3. The molecule has 2 saturated heterocycles. The molecule has 2 fully saturated rings. The Bertz CT molecular complexity index is 342.